The van der Waals surface area contributed by atoms with Crippen LogP contribution in [0.5, 0.6) is 0 Å². The van der Waals surface area contributed by atoms with Gasteiger partial charge in [-0.3, -0.25) is 0 Å². The Morgan fingerprint density at radius 2 is 2.32 bits per heavy atom. The van der Waals surface area contributed by atoms with Gasteiger partial charge in [0.2, 0.25) is 0 Å². The Kier molecular flexibility index (Phi) is 4.58. The molecular formula is C12H17N3O2S2. The van der Waals surface area contributed by atoms with Crippen molar-refractivity contribution in [2.75, 3.05) is 20.1 Å². The summed E-state index contributed by atoms with van der Waals surface area (Å²) in [6.45, 7) is 1.23. The lowest BCUT2D eigenvalue weighted by Crippen LogP contribution is -2.47. The average molecular weight is 299 g/mol. The van der Waals surface area contributed by atoms with Crippen molar-refractivity contribution in [1.29, 1.82) is 5.26 Å². The fourth-order valence-corrected chi connectivity index (χ4v) is 5.29. The van der Waals surface area contributed by atoms with Crippen LogP contribution in [0.2, 0.25) is 0 Å². The zero-order valence-corrected chi connectivity index (χ0v) is 12.4. The zero-order valence-electron chi connectivity index (χ0n) is 10.8. The van der Waals surface area contributed by atoms with Crippen LogP contribution in [0.15, 0.2) is 16.3 Å². The normalized spacial score (nSPS) is 21.2. The van der Waals surface area contributed by atoms with Gasteiger partial charge in [0.05, 0.1) is 0 Å². The molecule has 1 saturated heterocycles. The van der Waals surface area contributed by atoms with E-state index in [0.29, 0.717) is 18.0 Å². The highest BCUT2D eigenvalue weighted by atomic mass is 32.2. The highest BCUT2D eigenvalue weighted by Gasteiger charge is 2.33. The van der Waals surface area contributed by atoms with Crippen LogP contribution in [0.3, 0.4) is 0 Å². The molecule has 104 valence electrons. The maximum atomic E-state index is 12.6. The van der Waals surface area contributed by atoms with Crippen molar-refractivity contribution in [3.63, 3.8) is 0 Å². The van der Waals surface area contributed by atoms with Crippen molar-refractivity contribution in [3.8, 4) is 6.07 Å². The number of likely N-dealkylation sites (N-methyl/N-ethyl adjacent to an activating group) is 1. The molecule has 7 heteroatoms. The standard InChI is InChI=1S/C12H17N3O2S2/c1-14-9-10-4-2-3-7-15(10)19(16,17)12-6-5-11(8-13)18-12/h5-6,10,14H,2-4,7,9H2,1H3. The molecule has 1 aliphatic heterocycles. The first-order valence-electron chi connectivity index (χ1n) is 6.26. The van der Waals surface area contributed by atoms with E-state index in [1.807, 2.05) is 13.1 Å². The first-order valence-corrected chi connectivity index (χ1v) is 8.51. The number of nitrogens with zero attached hydrogens (tertiary/aromatic N) is 2. The van der Waals surface area contributed by atoms with E-state index in [9.17, 15) is 8.42 Å². The number of hydrogen-bond donors (Lipinski definition) is 1. The second kappa shape index (κ2) is 6.01. The molecule has 0 aromatic carbocycles. The van der Waals surface area contributed by atoms with Crippen LogP contribution in [-0.4, -0.2) is 38.9 Å². The third kappa shape index (κ3) is 2.98. The van der Waals surface area contributed by atoms with E-state index in [1.54, 1.807) is 10.4 Å². The molecule has 2 rings (SSSR count). The molecule has 1 unspecified atom stereocenters. The van der Waals surface area contributed by atoms with Gasteiger partial charge in [-0.15, -0.1) is 11.3 Å². The first kappa shape index (κ1) is 14.5. The number of sulfonamides is 1. The fourth-order valence-electron chi connectivity index (χ4n) is 2.36. The summed E-state index contributed by atoms with van der Waals surface area (Å²) in [6.07, 6.45) is 2.85. The van der Waals surface area contributed by atoms with Crippen molar-refractivity contribution in [2.24, 2.45) is 0 Å². The molecule has 0 saturated carbocycles. The molecule has 0 amide bonds. The molecule has 0 aliphatic carbocycles. The molecule has 19 heavy (non-hydrogen) atoms. The van der Waals surface area contributed by atoms with Crippen molar-refractivity contribution in [3.05, 3.63) is 17.0 Å². The van der Waals surface area contributed by atoms with E-state index < -0.39 is 10.0 Å². The molecule has 0 radical (unpaired) electrons. The van der Waals surface area contributed by atoms with Gasteiger partial charge in [-0.05, 0) is 32.0 Å². The third-order valence-corrected chi connectivity index (χ3v) is 6.68. The van der Waals surface area contributed by atoms with E-state index in [-0.39, 0.29) is 10.3 Å². The van der Waals surface area contributed by atoms with E-state index in [1.165, 1.54) is 6.07 Å². The molecular weight excluding hydrogens is 282 g/mol. The van der Waals surface area contributed by atoms with Gasteiger partial charge in [-0.25, -0.2) is 8.42 Å². The Balaban J connectivity index is 2.29. The zero-order chi connectivity index (χ0) is 13.9. The van der Waals surface area contributed by atoms with Crippen LogP contribution in [0, 0.1) is 11.3 Å². The largest absolute Gasteiger partial charge is 0.318 e. The Bertz CT molecular complexity index is 572. The number of hydrogen-bond acceptors (Lipinski definition) is 5. The molecule has 1 atom stereocenters. The van der Waals surface area contributed by atoms with Crippen LogP contribution >= 0.6 is 11.3 Å². The highest BCUT2D eigenvalue weighted by molar-refractivity contribution is 7.91. The van der Waals surface area contributed by atoms with E-state index in [4.69, 9.17) is 5.26 Å². The number of rotatable bonds is 4. The monoisotopic (exact) mass is 299 g/mol. The topological polar surface area (TPSA) is 73.2 Å². The van der Waals surface area contributed by atoms with Gasteiger partial charge in [0.25, 0.3) is 10.0 Å². The van der Waals surface area contributed by atoms with Gasteiger partial charge in [0.1, 0.15) is 15.2 Å². The molecule has 1 aromatic heterocycles. The Morgan fingerprint density at radius 1 is 1.53 bits per heavy atom. The van der Waals surface area contributed by atoms with Crippen molar-refractivity contribution in [1.82, 2.24) is 9.62 Å². The summed E-state index contributed by atoms with van der Waals surface area (Å²) in [5.74, 6) is 0. The Labute approximate surface area is 117 Å². The number of thiophene rings is 1. The minimum absolute atomic E-state index is 0.0105. The fraction of sp³-hybridized carbons (Fsp3) is 0.583. The van der Waals surface area contributed by atoms with Crippen LogP contribution < -0.4 is 5.32 Å². The SMILES string of the molecule is CNCC1CCCCN1S(=O)(=O)c1ccc(C#N)s1. The second-order valence-corrected chi connectivity index (χ2v) is 7.75. The highest BCUT2D eigenvalue weighted by Crippen LogP contribution is 2.29. The summed E-state index contributed by atoms with van der Waals surface area (Å²) in [5, 5.41) is 11.9. The quantitative estimate of drug-likeness (QED) is 0.911. The molecule has 0 bridgehead atoms. The summed E-state index contributed by atoms with van der Waals surface area (Å²) < 4.78 is 27.1. The lowest BCUT2D eigenvalue weighted by atomic mass is 10.1. The van der Waals surface area contributed by atoms with Crippen LogP contribution in [-0.2, 0) is 10.0 Å². The third-order valence-electron chi connectivity index (χ3n) is 3.27. The van der Waals surface area contributed by atoms with Crippen LogP contribution in [0.25, 0.3) is 0 Å². The maximum Gasteiger partial charge on any atom is 0.252 e. The van der Waals surface area contributed by atoms with E-state index >= 15 is 0 Å². The van der Waals surface area contributed by atoms with E-state index in [0.717, 1.165) is 30.6 Å². The van der Waals surface area contributed by atoms with Gasteiger partial charge < -0.3 is 5.32 Å². The maximum absolute atomic E-state index is 12.6. The molecule has 1 aliphatic rings. The van der Waals surface area contributed by atoms with Crippen LogP contribution in [0.1, 0.15) is 24.1 Å². The van der Waals surface area contributed by atoms with Gasteiger partial charge in [0, 0.05) is 19.1 Å². The number of nitriles is 1. The van der Waals surface area contributed by atoms with Crippen LogP contribution in [0.4, 0.5) is 0 Å². The van der Waals surface area contributed by atoms with Crippen molar-refractivity contribution in [2.45, 2.75) is 29.5 Å². The van der Waals surface area contributed by atoms with Gasteiger partial charge in [-0.2, -0.15) is 9.57 Å². The molecule has 0 spiro atoms. The summed E-state index contributed by atoms with van der Waals surface area (Å²) in [4.78, 5) is 0.431. The summed E-state index contributed by atoms with van der Waals surface area (Å²) in [7, 11) is -1.63. The average Bonchev–Trinajstić information content (AvgIpc) is 2.89. The number of nitrogens with one attached hydrogen (secondary N) is 1. The minimum Gasteiger partial charge on any atom is -0.318 e. The molecule has 1 fully saturated rings. The Morgan fingerprint density at radius 3 is 2.95 bits per heavy atom. The summed E-state index contributed by atoms with van der Waals surface area (Å²) in [6, 6.07) is 5.09. The minimum atomic E-state index is -3.46. The summed E-state index contributed by atoms with van der Waals surface area (Å²) in [5.41, 5.74) is 0. The lowest BCUT2D eigenvalue weighted by molar-refractivity contribution is 0.249. The molecule has 1 N–H and O–H groups in total. The van der Waals surface area contributed by atoms with E-state index in [2.05, 4.69) is 5.32 Å². The smallest absolute Gasteiger partial charge is 0.252 e. The van der Waals surface area contributed by atoms with Gasteiger partial charge in [0.15, 0.2) is 0 Å². The predicted molar refractivity (Wildman–Crippen MR) is 74.5 cm³/mol. The molecule has 2 heterocycles. The van der Waals surface area contributed by atoms with Crippen molar-refractivity contribution >= 4 is 21.4 Å². The summed E-state index contributed by atoms with van der Waals surface area (Å²) >= 11 is 1.04. The number of piperidine rings is 1. The lowest BCUT2D eigenvalue weighted by Gasteiger charge is -2.34. The second-order valence-electron chi connectivity index (χ2n) is 4.55. The molecule has 1 aromatic rings. The predicted octanol–water partition coefficient (Wildman–Crippen LogP) is 1.38. The van der Waals surface area contributed by atoms with Crippen molar-refractivity contribution < 1.29 is 8.42 Å². The van der Waals surface area contributed by atoms with Gasteiger partial charge >= 0.3 is 0 Å². The molecule has 5 nitrogen and oxygen atoms in total. The Hall–Kier alpha value is -0.940. The first-order chi connectivity index (χ1) is 9.09. The van der Waals surface area contributed by atoms with Gasteiger partial charge in [-0.1, -0.05) is 6.42 Å².